The molecule has 0 radical (unpaired) electrons. The summed E-state index contributed by atoms with van der Waals surface area (Å²) in [5, 5.41) is 8.99. The molecule has 25 heavy (non-hydrogen) atoms. The van der Waals surface area contributed by atoms with Crippen molar-refractivity contribution in [1.29, 1.82) is 0 Å². The Labute approximate surface area is 140 Å². The van der Waals surface area contributed by atoms with E-state index in [1.165, 1.54) is 0 Å². The van der Waals surface area contributed by atoms with Crippen LogP contribution in [0.3, 0.4) is 0 Å². The van der Waals surface area contributed by atoms with E-state index in [2.05, 4.69) is 4.74 Å². The zero-order valence-electron chi connectivity index (χ0n) is 13.4. The number of hydrogen-bond acceptors (Lipinski definition) is 3. The van der Waals surface area contributed by atoms with E-state index in [-0.39, 0.29) is 11.8 Å². The maximum absolute atomic E-state index is 12.6. The van der Waals surface area contributed by atoms with Crippen molar-refractivity contribution in [1.82, 2.24) is 0 Å². The molecule has 0 aromatic carbocycles. The van der Waals surface area contributed by atoms with Crippen molar-refractivity contribution in [2.24, 2.45) is 23.2 Å². The summed E-state index contributed by atoms with van der Waals surface area (Å²) in [6.45, 7) is -0.542. The quantitative estimate of drug-likeness (QED) is 0.598. The van der Waals surface area contributed by atoms with E-state index in [1.807, 2.05) is 0 Å². The molecule has 0 aromatic rings. The molecule has 9 heteroatoms. The second-order valence-electron chi connectivity index (χ2n) is 8.01. The zero-order chi connectivity index (χ0) is 18.7. The lowest BCUT2D eigenvalue weighted by Crippen LogP contribution is -2.63. The monoisotopic (exact) mass is 374 g/mol. The highest BCUT2D eigenvalue weighted by Crippen LogP contribution is 2.61. The predicted octanol–water partition coefficient (Wildman–Crippen LogP) is 3.99. The third-order valence-corrected chi connectivity index (χ3v) is 6.15. The molecule has 0 saturated heterocycles. The fourth-order valence-corrected chi connectivity index (χ4v) is 5.45. The number of alkyl halides is 6. The molecule has 144 valence electrons. The summed E-state index contributed by atoms with van der Waals surface area (Å²) >= 11 is 0. The highest BCUT2D eigenvalue weighted by Gasteiger charge is 2.76. The minimum atomic E-state index is -6.19. The summed E-state index contributed by atoms with van der Waals surface area (Å²) in [6, 6.07) is 0. The Morgan fingerprint density at radius 1 is 0.920 bits per heavy atom. The van der Waals surface area contributed by atoms with Crippen LogP contribution in [0.1, 0.15) is 44.9 Å². The van der Waals surface area contributed by atoms with Crippen LogP contribution in [0.4, 0.5) is 26.3 Å². The van der Waals surface area contributed by atoms with Crippen molar-refractivity contribution in [2.75, 3.05) is 6.61 Å². The van der Waals surface area contributed by atoms with Crippen molar-refractivity contribution >= 4 is 5.97 Å². The van der Waals surface area contributed by atoms with Crippen LogP contribution in [0.15, 0.2) is 0 Å². The van der Waals surface area contributed by atoms with Crippen LogP contribution in [-0.4, -0.2) is 35.6 Å². The SMILES string of the molecule is O=C(OCCC12CC3CC(CC(C3)C1)C2)C(O)(C(F)(F)F)C(F)(F)F. The molecule has 4 rings (SSSR count). The summed E-state index contributed by atoms with van der Waals surface area (Å²) in [6.07, 6.45) is -6.05. The standard InChI is InChI=1S/C16H20F6O3/c17-15(18,19)14(24,16(20,21)22)12(23)25-2-1-13-6-9-3-10(7-13)5-11(4-9)8-13/h9-11,24H,1-8H2. The molecule has 0 spiro atoms. The van der Waals surface area contributed by atoms with Crippen molar-refractivity contribution in [3.05, 3.63) is 0 Å². The molecule has 1 N–H and O–H groups in total. The number of esters is 1. The van der Waals surface area contributed by atoms with Gasteiger partial charge in [0.25, 0.3) is 0 Å². The Bertz CT molecular complexity index is 490. The Morgan fingerprint density at radius 3 is 1.68 bits per heavy atom. The van der Waals surface area contributed by atoms with E-state index in [1.54, 1.807) is 0 Å². The first-order valence-electron chi connectivity index (χ1n) is 8.39. The fraction of sp³-hybridized carbons (Fsp3) is 0.938. The van der Waals surface area contributed by atoms with Gasteiger partial charge in [0.15, 0.2) is 0 Å². The van der Waals surface area contributed by atoms with Crippen molar-refractivity contribution < 1.29 is 41.0 Å². The average molecular weight is 374 g/mol. The highest BCUT2D eigenvalue weighted by atomic mass is 19.4. The molecular weight excluding hydrogens is 354 g/mol. The molecule has 0 unspecified atom stereocenters. The van der Waals surface area contributed by atoms with Gasteiger partial charge in [-0.1, -0.05) is 0 Å². The molecule has 4 bridgehead atoms. The van der Waals surface area contributed by atoms with Crippen LogP contribution < -0.4 is 0 Å². The summed E-state index contributed by atoms with van der Waals surface area (Å²) in [4.78, 5) is 11.4. The van der Waals surface area contributed by atoms with Gasteiger partial charge in [-0.3, -0.25) is 0 Å². The Morgan fingerprint density at radius 2 is 1.32 bits per heavy atom. The van der Waals surface area contributed by atoms with Crippen molar-refractivity contribution in [2.45, 2.75) is 62.9 Å². The number of halogens is 6. The Kier molecular flexibility index (Phi) is 4.33. The second kappa shape index (κ2) is 5.76. The largest absolute Gasteiger partial charge is 0.463 e. The molecule has 4 aliphatic rings. The zero-order valence-corrected chi connectivity index (χ0v) is 13.4. The third-order valence-electron chi connectivity index (χ3n) is 6.15. The molecule has 4 aliphatic carbocycles. The predicted molar refractivity (Wildman–Crippen MR) is 73.2 cm³/mol. The van der Waals surface area contributed by atoms with Gasteiger partial charge in [-0.15, -0.1) is 0 Å². The van der Waals surface area contributed by atoms with Gasteiger partial charge < -0.3 is 9.84 Å². The van der Waals surface area contributed by atoms with Crippen LogP contribution in [0, 0.1) is 23.2 Å². The number of hydrogen-bond donors (Lipinski definition) is 1. The molecular formula is C16H20F6O3. The molecule has 0 aliphatic heterocycles. The van der Waals surface area contributed by atoms with E-state index in [4.69, 9.17) is 5.11 Å². The smallest absolute Gasteiger partial charge is 0.437 e. The van der Waals surface area contributed by atoms with Gasteiger partial charge in [0.05, 0.1) is 6.61 Å². The van der Waals surface area contributed by atoms with Crippen LogP contribution >= 0.6 is 0 Å². The maximum atomic E-state index is 12.6. The van der Waals surface area contributed by atoms with Gasteiger partial charge in [0.2, 0.25) is 0 Å². The third kappa shape index (κ3) is 3.13. The normalized spacial score (nSPS) is 35.1. The lowest BCUT2D eigenvalue weighted by molar-refractivity contribution is -0.357. The lowest BCUT2D eigenvalue weighted by atomic mass is 9.49. The van der Waals surface area contributed by atoms with Crippen molar-refractivity contribution in [3.8, 4) is 0 Å². The Balaban J connectivity index is 1.63. The Hall–Kier alpha value is -0.990. The molecule has 4 fully saturated rings. The van der Waals surface area contributed by atoms with E-state index in [0.29, 0.717) is 17.8 Å². The first-order valence-corrected chi connectivity index (χ1v) is 8.39. The fourth-order valence-electron chi connectivity index (χ4n) is 5.45. The van der Waals surface area contributed by atoms with Gasteiger partial charge in [0, 0.05) is 0 Å². The van der Waals surface area contributed by atoms with Gasteiger partial charge in [-0.2, -0.15) is 26.3 Å². The molecule has 0 atom stereocenters. The summed E-state index contributed by atoms with van der Waals surface area (Å²) < 4.78 is 80.0. The maximum Gasteiger partial charge on any atom is 0.437 e. The van der Waals surface area contributed by atoms with E-state index in [0.717, 1.165) is 38.5 Å². The van der Waals surface area contributed by atoms with Crippen molar-refractivity contribution in [3.63, 3.8) is 0 Å². The molecule has 0 heterocycles. The van der Waals surface area contributed by atoms with Crippen LogP contribution in [0.25, 0.3) is 0 Å². The number of rotatable bonds is 4. The van der Waals surface area contributed by atoms with E-state index >= 15 is 0 Å². The minimum Gasteiger partial charge on any atom is -0.463 e. The summed E-state index contributed by atoms with van der Waals surface area (Å²) in [5.74, 6) is -1.02. The summed E-state index contributed by atoms with van der Waals surface area (Å²) in [5.41, 5.74) is -5.63. The molecule has 0 amide bonds. The lowest BCUT2D eigenvalue weighted by Gasteiger charge is -2.57. The molecule has 0 aromatic heterocycles. The second-order valence-corrected chi connectivity index (χ2v) is 8.01. The first-order chi connectivity index (χ1) is 11.4. The van der Waals surface area contributed by atoms with Gasteiger partial charge in [0.1, 0.15) is 0 Å². The number of carbonyl (C=O) groups is 1. The first kappa shape index (κ1) is 18.8. The molecule has 3 nitrogen and oxygen atoms in total. The van der Waals surface area contributed by atoms with Crippen LogP contribution in [0.2, 0.25) is 0 Å². The van der Waals surface area contributed by atoms with Crippen LogP contribution in [-0.2, 0) is 9.53 Å². The van der Waals surface area contributed by atoms with Gasteiger partial charge in [-0.25, -0.2) is 4.79 Å². The minimum absolute atomic E-state index is 0.149. The molecule has 4 saturated carbocycles. The van der Waals surface area contributed by atoms with Gasteiger partial charge in [-0.05, 0) is 68.1 Å². The number of ether oxygens (including phenoxy) is 1. The van der Waals surface area contributed by atoms with Gasteiger partial charge >= 0.3 is 23.9 Å². The number of aliphatic hydroxyl groups is 1. The van der Waals surface area contributed by atoms with E-state index in [9.17, 15) is 31.1 Å². The topological polar surface area (TPSA) is 46.5 Å². The van der Waals surface area contributed by atoms with E-state index < -0.39 is 30.5 Å². The van der Waals surface area contributed by atoms with Crippen LogP contribution in [0.5, 0.6) is 0 Å². The number of carbonyl (C=O) groups excluding carboxylic acids is 1. The summed E-state index contributed by atoms with van der Waals surface area (Å²) in [7, 11) is 0. The highest BCUT2D eigenvalue weighted by molar-refractivity contribution is 5.81. The average Bonchev–Trinajstić information content (AvgIpc) is 2.42.